The smallest absolute Gasteiger partial charge is 0.280 e. The summed E-state index contributed by atoms with van der Waals surface area (Å²) in [5.41, 5.74) is 0. The Bertz CT molecular complexity index is 716. The Morgan fingerprint density at radius 3 is 1.15 bits per heavy atom. The molecule has 0 radical (unpaired) electrons. The molecule has 0 aromatic heterocycles. The molecule has 0 heterocycles. The molecule has 0 aliphatic rings. The lowest BCUT2D eigenvalue weighted by molar-refractivity contribution is -0.437. The van der Waals surface area contributed by atoms with E-state index in [0.717, 1.165) is 0 Å². The van der Waals surface area contributed by atoms with Crippen molar-refractivity contribution in [2.45, 2.75) is 35.8 Å². The predicted octanol–water partition coefficient (Wildman–Crippen LogP) is 4.72. The summed E-state index contributed by atoms with van der Waals surface area (Å²) in [5.74, 6) is -45.8. The molecule has 1 N–H and O–H groups in total. The summed E-state index contributed by atoms with van der Waals surface area (Å²) >= 11 is 0. The predicted molar refractivity (Wildman–Crippen MR) is 51.6 cm³/mol. The summed E-state index contributed by atoms with van der Waals surface area (Å²) in [6.45, 7) is 0. The Kier molecular flexibility index (Phi) is 5.98. The molecule has 0 bridgehead atoms. The van der Waals surface area contributed by atoms with Crippen LogP contribution in [0.1, 0.15) is 0 Å². The van der Waals surface area contributed by atoms with Crippen LogP contribution < -0.4 is 0 Å². The van der Waals surface area contributed by atoms with Crippen LogP contribution in [-0.4, -0.2) is 48.8 Å². The number of allylic oxidation sites excluding steroid dienone is 1. The lowest BCUT2D eigenvalue weighted by Gasteiger charge is -2.39. The maximum atomic E-state index is 13.0. The molecular weight excluding hydrogens is 461 g/mol. The molecule has 27 heavy (non-hydrogen) atoms. The van der Waals surface area contributed by atoms with E-state index >= 15 is 0 Å². The molecule has 0 unspecified atom stereocenters. The number of alkyl halides is 13. The van der Waals surface area contributed by atoms with Gasteiger partial charge in [-0.3, -0.25) is 4.55 Å². The van der Waals surface area contributed by atoms with E-state index in [1.54, 1.807) is 0 Å². The third-order valence-electron chi connectivity index (χ3n) is 2.61. The molecule has 0 amide bonds. The first-order chi connectivity index (χ1) is 11.3. The Morgan fingerprint density at radius 2 is 0.889 bits per heavy atom. The van der Waals surface area contributed by atoms with E-state index in [1.165, 1.54) is 0 Å². The molecule has 3 nitrogen and oxygen atoms in total. The first-order valence-corrected chi connectivity index (χ1v) is 6.74. The quantitative estimate of drug-likeness (QED) is 0.459. The topological polar surface area (TPSA) is 54.4 Å². The number of halogens is 15. The minimum Gasteiger partial charge on any atom is -0.280 e. The van der Waals surface area contributed by atoms with Crippen LogP contribution in [0.15, 0.2) is 11.0 Å². The third-order valence-corrected chi connectivity index (χ3v) is 3.24. The Labute approximate surface area is 137 Å². The van der Waals surface area contributed by atoms with E-state index in [4.69, 9.17) is 4.55 Å². The molecule has 0 atom stereocenters. The monoisotopic (exact) mass is 462 g/mol. The van der Waals surface area contributed by atoms with Crippen LogP contribution in [0.3, 0.4) is 0 Å². The van der Waals surface area contributed by atoms with Crippen LogP contribution in [0, 0.1) is 0 Å². The van der Waals surface area contributed by atoms with Crippen LogP contribution in [0.25, 0.3) is 0 Å². The van der Waals surface area contributed by atoms with Gasteiger partial charge in [-0.25, -0.2) is 4.39 Å². The molecule has 162 valence electrons. The second-order valence-corrected chi connectivity index (χ2v) is 5.74. The van der Waals surface area contributed by atoms with Crippen molar-refractivity contribution in [1.82, 2.24) is 0 Å². The van der Waals surface area contributed by atoms with Gasteiger partial charge in [0, 0.05) is 0 Å². The summed E-state index contributed by atoms with van der Waals surface area (Å²) in [4.78, 5) is 0. The van der Waals surface area contributed by atoms with Gasteiger partial charge >= 0.3 is 45.9 Å². The Balaban J connectivity index is 6.74. The van der Waals surface area contributed by atoms with Crippen LogP contribution in [0.5, 0.6) is 0 Å². The Hall–Kier alpha value is -1.40. The zero-order chi connectivity index (χ0) is 22.7. The van der Waals surface area contributed by atoms with Gasteiger partial charge in [-0.15, -0.1) is 0 Å². The lowest BCUT2D eigenvalue weighted by Crippen LogP contribution is -2.70. The van der Waals surface area contributed by atoms with Crippen molar-refractivity contribution < 1.29 is 78.8 Å². The average molecular weight is 462 g/mol. The van der Waals surface area contributed by atoms with Gasteiger partial charge < -0.3 is 0 Å². The molecule has 19 heteroatoms. The SMILES string of the molecule is O=S(=O)(O)/C(F)=C(\F)C(F)(F)C(F)(F)C(F)(F)C(F)(F)C(F)(F)C(F)(F)F. The zero-order valence-electron chi connectivity index (χ0n) is 11.3. The van der Waals surface area contributed by atoms with E-state index in [-0.39, 0.29) is 0 Å². The maximum absolute atomic E-state index is 13.0. The van der Waals surface area contributed by atoms with Crippen molar-refractivity contribution in [2.24, 2.45) is 0 Å². The molecule has 0 spiro atoms. The van der Waals surface area contributed by atoms with Gasteiger partial charge in [-0.05, 0) is 0 Å². The van der Waals surface area contributed by atoms with Crippen LogP contribution in [0.2, 0.25) is 0 Å². The second kappa shape index (κ2) is 6.31. The van der Waals surface area contributed by atoms with Crippen LogP contribution in [-0.2, 0) is 10.1 Å². The maximum Gasteiger partial charge on any atom is 0.460 e. The van der Waals surface area contributed by atoms with Crippen molar-refractivity contribution in [2.75, 3.05) is 0 Å². The van der Waals surface area contributed by atoms with Crippen LogP contribution >= 0.6 is 0 Å². The van der Waals surface area contributed by atoms with Crippen molar-refractivity contribution in [3.63, 3.8) is 0 Å². The van der Waals surface area contributed by atoms with Crippen molar-refractivity contribution in [3.8, 4) is 0 Å². The number of hydrogen-bond acceptors (Lipinski definition) is 2. The molecule has 0 aromatic rings. The van der Waals surface area contributed by atoms with E-state index in [1.807, 2.05) is 0 Å². The fourth-order valence-electron chi connectivity index (χ4n) is 1.14. The molecule has 0 saturated carbocycles. The standard InChI is InChI=1S/C8HF15O3S/c9-1(2(10)27(24,25)26)3(11,12)4(13,14)5(15,16)6(17,18)7(19,20)8(21,22)23/h(H,24,25,26)/b2-1-. The molecule has 0 rings (SSSR count). The fraction of sp³-hybridized carbons (Fsp3) is 0.750. The minimum absolute atomic E-state index is 4.33. The highest BCUT2D eigenvalue weighted by atomic mass is 32.2. The highest BCUT2D eigenvalue weighted by Gasteiger charge is 2.91. The molecular formula is C8HF15O3S. The first kappa shape index (κ1) is 25.6. The number of hydrogen-bond donors (Lipinski definition) is 1. The first-order valence-electron chi connectivity index (χ1n) is 5.30. The average Bonchev–Trinajstić information content (AvgIpc) is 2.42. The van der Waals surface area contributed by atoms with E-state index < -0.39 is 56.9 Å². The highest BCUT2D eigenvalue weighted by Crippen LogP contribution is 2.61. The van der Waals surface area contributed by atoms with E-state index in [0.29, 0.717) is 0 Å². The minimum atomic E-state index is -8.45. The fourth-order valence-corrected chi connectivity index (χ4v) is 1.50. The van der Waals surface area contributed by atoms with Gasteiger partial charge in [0.25, 0.3) is 5.16 Å². The summed E-state index contributed by atoms with van der Waals surface area (Å²) in [6.07, 6.45) is -7.71. The Morgan fingerprint density at radius 1 is 0.593 bits per heavy atom. The molecule has 0 aliphatic carbocycles. The summed E-state index contributed by atoms with van der Waals surface area (Å²) < 4.78 is 216. The summed E-state index contributed by atoms with van der Waals surface area (Å²) in [5, 5.41) is -4.33. The molecule has 0 aromatic carbocycles. The van der Waals surface area contributed by atoms with E-state index in [2.05, 4.69) is 0 Å². The third kappa shape index (κ3) is 3.54. The van der Waals surface area contributed by atoms with Gasteiger partial charge in [0.2, 0.25) is 5.83 Å². The normalized spacial score (nSPS) is 17.0. The molecule has 0 saturated heterocycles. The van der Waals surface area contributed by atoms with Gasteiger partial charge in [-0.1, -0.05) is 0 Å². The largest absolute Gasteiger partial charge is 0.460 e. The van der Waals surface area contributed by atoms with Crippen molar-refractivity contribution >= 4 is 10.1 Å². The summed E-state index contributed by atoms with van der Waals surface area (Å²) in [7, 11) is -6.81. The number of rotatable bonds is 6. The van der Waals surface area contributed by atoms with E-state index in [9.17, 15) is 74.3 Å². The summed E-state index contributed by atoms with van der Waals surface area (Å²) in [6, 6.07) is 0. The zero-order valence-corrected chi connectivity index (χ0v) is 12.2. The molecule has 0 aliphatic heterocycles. The highest BCUT2D eigenvalue weighted by molar-refractivity contribution is 7.89. The lowest BCUT2D eigenvalue weighted by atomic mass is 9.93. The van der Waals surface area contributed by atoms with Gasteiger partial charge in [-0.2, -0.15) is 69.9 Å². The second-order valence-electron chi connectivity index (χ2n) is 4.43. The van der Waals surface area contributed by atoms with Crippen molar-refractivity contribution in [1.29, 1.82) is 0 Å². The van der Waals surface area contributed by atoms with Crippen molar-refractivity contribution in [3.05, 3.63) is 11.0 Å². The van der Waals surface area contributed by atoms with Gasteiger partial charge in [0.1, 0.15) is 0 Å². The van der Waals surface area contributed by atoms with Gasteiger partial charge in [0.05, 0.1) is 0 Å². The van der Waals surface area contributed by atoms with Crippen LogP contribution in [0.4, 0.5) is 65.9 Å². The van der Waals surface area contributed by atoms with Gasteiger partial charge in [0.15, 0.2) is 0 Å². The molecule has 0 fully saturated rings.